The molecule has 4 aliphatic rings. The number of rotatable bonds is 21. The summed E-state index contributed by atoms with van der Waals surface area (Å²) in [6, 6.07) is 15.4. The van der Waals surface area contributed by atoms with E-state index in [1.165, 1.54) is 32.0 Å². The first-order valence-corrected chi connectivity index (χ1v) is 35.5. The molecule has 0 saturated carbocycles. The van der Waals surface area contributed by atoms with E-state index >= 15 is 0 Å². The summed E-state index contributed by atoms with van der Waals surface area (Å²) in [5, 5.41) is 75.8. The summed E-state index contributed by atoms with van der Waals surface area (Å²) in [6.07, 6.45) is 0.922. The van der Waals surface area contributed by atoms with Crippen molar-refractivity contribution >= 4 is 91.6 Å². The monoisotopic (exact) mass is 1500 g/mol. The van der Waals surface area contributed by atoms with Gasteiger partial charge in [-0.1, -0.05) is 86.6 Å². The number of hydrazine groups is 2. The molecule has 12 atom stereocenters. The van der Waals surface area contributed by atoms with Crippen molar-refractivity contribution in [1.29, 1.82) is 0 Å². The molecule has 12 N–H and O–H groups in total. The first-order valence-electron chi connectivity index (χ1n) is 34.7. The van der Waals surface area contributed by atoms with Gasteiger partial charge in [-0.15, -0.1) is 0 Å². The Kier molecular flexibility index (Phi) is 30.0. The number of carbonyl (C=O) groups is 8. The molecule has 2 aromatic heterocycles. The van der Waals surface area contributed by atoms with Crippen molar-refractivity contribution < 1.29 is 87.9 Å². The quantitative estimate of drug-likeness (QED) is 0.0358. The Balaban J connectivity index is 0.000000273. The summed E-state index contributed by atoms with van der Waals surface area (Å²) in [7, 11) is 0. The molecule has 2 aromatic carbocycles. The molecule has 0 spiro atoms. The number of aliphatic hydroxyl groups is 4. The van der Waals surface area contributed by atoms with Gasteiger partial charge in [0.25, 0.3) is 11.8 Å². The minimum Gasteiger partial charge on any atom is -0.479 e. The van der Waals surface area contributed by atoms with Crippen molar-refractivity contribution in [3.8, 4) is 0 Å². The highest BCUT2D eigenvalue weighted by atomic mass is 79.9. The molecular weight excluding hydrogens is 1400 g/mol. The molecule has 4 aliphatic heterocycles. The van der Waals surface area contributed by atoms with Crippen LogP contribution in [0.5, 0.6) is 0 Å². The van der Waals surface area contributed by atoms with Gasteiger partial charge in [0.2, 0.25) is 23.0 Å². The molecule has 0 radical (unpaired) electrons. The summed E-state index contributed by atoms with van der Waals surface area (Å²) < 4.78 is 22.5. The normalized spacial score (nSPS) is 22.0. The van der Waals surface area contributed by atoms with Gasteiger partial charge in [0.1, 0.15) is 35.7 Å². The van der Waals surface area contributed by atoms with E-state index in [0.717, 1.165) is 26.5 Å². The van der Waals surface area contributed by atoms with Gasteiger partial charge in [0.05, 0.1) is 85.1 Å². The Bertz CT molecular complexity index is 3670. The third kappa shape index (κ3) is 23.8. The number of pyridine rings is 2. The summed E-state index contributed by atoms with van der Waals surface area (Å²) in [4.78, 5) is 112. The van der Waals surface area contributed by atoms with Crippen LogP contribution in [-0.4, -0.2) is 232 Å². The number of hydrogen-bond acceptors (Lipinski definition) is 22. The number of ether oxygens (including phenoxy) is 4. The predicted molar refractivity (Wildman–Crippen MR) is 386 cm³/mol. The first-order chi connectivity index (χ1) is 48.1. The van der Waals surface area contributed by atoms with Gasteiger partial charge in [-0.25, -0.2) is 30.0 Å². The summed E-state index contributed by atoms with van der Waals surface area (Å²) in [5.74, 6) is -3.94. The Morgan fingerprint density at radius 2 is 1.00 bits per heavy atom. The number of morpholine rings is 2. The van der Waals surface area contributed by atoms with Gasteiger partial charge in [-0.3, -0.25) is 49.8 Å². The lowest BCUT2D eigenvalue weighted by Crippen LogP contribution is -2.61. The SMILES string of the molecule is C=CC1(C(=O)O)CN(C(=O)OC(C)(C)C)CCO1.CC(C)[C@H](O)C(O)N[C@@H](C)C(=O)N1CCC[C@@H](C(=O)N[C@H](C)c2ccc3ccc(/C=C/C4(C(=O)O)CN(C(=O)OC(C)(C)C)CCO4)cc3n2)N1.CC(C)[C@H](O)C(O)N[C@@H](C)C(=O)N1CCC[C@@H](C(=O)N[C@H](C)c2ccc3ccc(Br)cc3n2)N1. The fraction of sp³-hybridized carbons (Fsp3) is 0.583. The van der Waals surface area contributed by atoms with E-state index in [1.807, 2.05) is 68.4 Å². The second kappa shape index (κ2) is 36.7. The number of amides is 6. The van der Waals surface area contributed by atoms with Crippen LogP contribution in [0.3, 0.4) is 0 Å². The second-order valence-corrected chi connectivity index (χ2v) is 29.8. The molecule has 4 unspecified atom stereocenters. The second-order valence-electron chi connectivity index (χ2n) is 28.9. The van der Waals surface area contributed by atoms with Crippen LogP contribution in [0.25, 0.3) is 27.9 Å². The van der Waals surface area contributed by atoms with Gasteiger partial charge < -0.3 is 70.0 Å². The number of aliphatic hydroxyl groups excluding tert-OH is 4. The lowest BCUT2D eigenvalue weighted by molar-refractivity contribution is -0.168. The average molecular weight is 1510 g/mol. The Morgan fingerprint density at radius 1 is 0.602 bits per heavy atom. The number of nitrogens with one attached hydrogen (secondary N) is 6. The van der Waals surface area contributed by atoms with Crippen molar-refractivity contribution in [1.82, 2.24) is 61.9 Å². The maximum Gasteiger partial charge on any atom is 0.410 e. The lowest BCUT2D eigenvalue weighted by Gasteiger charge is -2.38. The number of fused-ring (bicyclic) bond motifs is 2. The summed E-state index contributed by atoms with van der Waals surface area (Å²) in [5.41, 5.74) is 4.83. The van der Waals surface area contributed by atoms with E-state index in [9.17, 15) is 63.9 Å². The number of hydrogen-bond donors (Lipinski definition) is 12. The zero-order valence-electron chi connectivity index (χ0n) is 61.3. The maximum absolute atomic E-state index is 13.3. The fourth-order valence-corrected chi connectivity index (χ4v) is 11.6. The average Bonchev–Trinajstić information content (AvgIpc) is 0.781. The number of nitrogens with zero attached hydrogens (tertiary/aromatic N) is 6. The van der Waals surface area contributed by atoms with Crippen molar-refractivity contribution in [2.24, 2.45) is 11.8 Å². The van der Waals surface area contributed by atoms with Gasteiger partial charge in [-0.2, -0.15) is 0 Å². The van der Waals surface area contributed by atoms with Crippen molar-refractivity contribution in [3.05, 3.63) is 101 Å². The summed E-state index contributed by atoms with van der Waals surface area (Å²) >= 11 is 3.46. The molecule has 6 heterocycles. The molecule has 4 aromatic rings. The van der Waals surface area contributed by atoms with Crippen molar-refractivity contribution in [3.63, 3.8) is 0 Å². The van der Waals surface area contributed by atoms with E-state index in [0.29, 0.717) is 62.1 Å². The van der Waals surface area contributed by atoms with Gasteiger partial charge in [-0.05, 0) is 155 Å². The molecule has 103 heavy (non-hydrogen) atoms. The molecule has 31 heteroatoms. The number of aromatic nitrogens is 2. The molecular formula is C72H105BrN12O18. The van der Waals surface area contributed by atoms with Crippen LogP contribution in [0, 0.1) is 11.8 Å². The van der Waals surface area contributed by atoms with Crippen LogP contribution in [0.1, 0.15) is 152 Å². The molecule has 4 saturated heterocycles. The number of carboxylic acids is 2. The molecule has 4 fully saturated rings. The Labute approximate surface area is 609 Å². The highest BCUT2D eigenvalue weighted by molar-refractivity contribution is 9.10. The molecule has 0 aliphatic carbocycles. The van der Waals surface area contributed by atoms with E-state index < -0.39 is 101 Å². The van der Waals surface area contributed by atoms with Crippen LogP contribution in [-0.2, 0) is 47.7 Å². The molecule has 0 bridgehead atoms. The topological polar surface area (TPSA) is 406 Å². The highest BCUT2D eigenvalue weighted by Gasteiger charge is 2.46. The smallest absolute Gasteiger partial charge is 0.410 e. The number of benzene rings is 2. The van der Waals surface area contributed by atoms with Gasteiger partial charge >= 0.3 is 24.1 Å². The van der Waals surface area contributed by atoms with Crippen molar-refractivity contribution in [2.45, 2.75) is 206 Å². The summed E-state index contributed by atoms with van der Waals surface area (Å²) in [6.45, 7) is 29.1. The highest BCUT2D eigenvalue weighted by Crippen LogP contribution is 2.28. The van der Waals surface area contributed by atoms with E-state index in [-0.39, 0.29) is 74.4 Å². The molecule has 8 rings (SSSR count). The van der Waals surface area contributed by atoms with E-state index in [2.05, 4.69) is 59.6 Å². The third-order valence-corrected chi connectivity index (χ3v) is 17.8. The zero-order chi connectivity index (χ0) is 76.6. The van der Waals surface area contributed by atoms with Crippen molar-refractivity contribution in [2.75, 3.05) is 52.5 Å². The zero-order valence-corrected chi connectivity index (χ0v) is 62.9. The number of carboxylic acid groups (broad SMARTS) is 2. The lowest BCUT2D eigenvalue weighted by atomic mass is 9.99. The van der Waals surface area contributed by atoms with Crippen LogP contribution >= 0.6 is 15.9 Å². The van der Waals surface area contributed by atoms with E-state index in [4.69, 9.17) is 29.0 Å². The van der Waals surface area contributed by atoms with Crippen LogP contribution in [0.4, 0.5) is 9.59 Å². The van der Waals surface area contributed by atoms with Crippen LogP contribution < -0.4 is 32.1 Å². The maximum atomic E-state index is 13.3. The van der Waals surface area contributed by atoms with E-state index in [1.54, 1.807) is 95.2 Å². The van der Waals surface area contributed by atoms with Crippen LogP contribution in [0.2, 0.25) is 0 Å². The Hall–Kier alpha value is -7.82. The third-order valence-electron chi connectivity index (χ3n) is 17.3. The minimum atomic E-state index is -1.77. The number of halogens is 1. The molecule has 568 valence electrons. The molecule has 6 amide bonds. The van der Waals surface area contributed by atoms with Gasteiger partial charge in [0, 0.05) is 41.4 Å². The molecule has 30 nitrogen and oxygen atoms in total. The number of aliphatic carboxylic acids is 2. The number of carbonyl (C=O) groups excluding carboxylic acids is 6. The largest absolute Gasteiger partial charge is 0.479 e. The predicted octanol–water partition coefficient (Wildman–Crippen LogP) is 5.57. The fourth-order valence-electron chi connectivity index (χ4n) is 11.3. The standard InChI is InChI=1S/C36H52N6O9.C24H34BrN5O4.C12H19NO5/c1-21(2)29(43)31(45)38-23(4)32(46)42-16-8-9-27(40-42)30(44)37-22(3)26-13-12-25-11-10-24(19-28(25)39-26)14-15-36(33(47)48)20-41(17-18-50-36)34(49)51-35(5,6)7;1-13(2)21(31)23(33)27-15(4)24(34)30-11-5-6-19(29-30)22(32)26-14(3)18-10-8-16-7-9-17(25)12-20(16)28-18;1-5-12(9(14)15)8-13(6-7-17-12)10(16)18-11(2,3)4/h10-15,19,21-23,27,29,31,38,40,43,45H,8-9,16-18,20H2,1-7H3,(H,37,44)(H,47,48);7-10,12-15,19,21,23,27,29,31,33H,5-6,11H2,1-4H3,(H,26,32);5H,1,6-8H2,2-4H3,(H,14,15)/b15-14+;;/t22-,23+,27+,29+,31?,36?;14-,15+,19+,21+,23?;/m11./s1. The van der Waals surface area contributed by atoms with Gasteiger partial charge in [0.15, 0.2) is 0 Å². The first kappa shape index (κ1) is 84.1. The Morgan fingerprint density at radius 3 is 1.41 bits per heavy atom. The minimum absolute atomic E-state index is 0.0246. The van der Waals surface area contributed by atoms with Crippen LogP contribution in [0.15, 0.2) is 83.9 Å².